The van der Waals surface area contributed by atoms with E-state index in [2.05, 4.69) is 10.1 Å². The molecule has 0 unspecified atom stereocenters. The van der Waals surface area contributed by atoms with Crippen LogP contribution in [0.15, 0.2) is 67.3 Å². The molecule has 0 fully saturated rings. The van der Waals surface area contributed by atoms with Gasteiger partial charge in [0.25, 0.3) is 0 Å². The summed E-state index contributed by atoms with van der Waals surface area (Å²) in [6.45, 7) is 0.0660. The van der Waals surface area contributed by atoms with Gasteiger partial charge in [0.2, 0.25) is 11.4 Å². The number of carbonyl (C=O) groups excluding carboxylic acids is 1. The second kappa shape index (κ2) is 5.58. The Labute approximate surface area is 138 Å². The Morgan fingerprint density at radius 3 is 2.62 bits per heavy atom. The Morgan fingerprint density at radius 1 is 1.17 bits per heavy atom. The van der Waals surface area contributed by atoms with Crippen molar-refractivity contribution in [2.45, 2.75) is 18.2 Å². The van der Waals surface area contributed by atoms with Gasteiger partial charge < -0.3 is 9.84 Å². The van der Waals surface area contributed by atoms with Gasteiger partial charge in [-0.05, 0) is 6.07 Å². The van der Waals surface area contributed by atoms with E-state index in [4.69, 9.17) is 4.74 Å². The number of hydrogen-bond acceptors (Lipinski definition) is 5. The minimum atomic E-state index is -1.47. The molecule has 1 aliphatic rings. The Balaban J connectivity index is 1.81. The van der Waals surface area contributed by atoms with Gasteiger partial charge in [-0.25, -0.2) is 9.67 Å². The van der Waals surface area contributed by atoms with Crippen LogP contribution < -0.4 is 4.74 Å². The minimum absolute atomic E-state index is 0.0660. The molecule has 0 saturated heterocycles. The van der Waals surface area contributed by atoms with Crippen LogP contribution in [0.1, 0.15) is 22.0 Å². The summed E-state index contributed by atoms with van der Waals surface area (Å²) in [6, 6.07) is 16.0. The van der Waals surface area contributed by atoms with Crippen LogP contribution >= 0.6 is 0 Å². The van der Waals surface area contributed by atoms with Gasteiger partial charge in [0.15, 0.2) is 0 Å². The van der Waals surface area contributed by atoms with Crippen LogP contribution in [0.5, 0.6) is 5.75 Å². The molecule has 24 heavy (non-hydrogen) atoms. The number of ketones is 1. The van der Waals surface area contributed by atoms with E-state index in [0.29, 0.717) is 16.9 Å². The van der Waals surface area contributed by atoms with E-state index in [9.17, 15) is 9.90 Å². The van der Waals surface area contributed by atoms with E-state index in [0.717, 1.165) is 0 Å². The number of Topliss-reactive ketones (excluding diaryl/α,β-unsaturated/α-hetero) is 1. The molecule has 0 bridgehead atoms. The second-order valence-electron chi connectivity index (χ2n) is 5.72. The number of aliphatic hydroxyl groups is 1. The largest absolute Gasteiger partial charge is 0.474 e. The van der Waals surface area contributed by atoms with E-state index >= 15 is 0 Å². The topological polar surface area (TPSA) is 77.2 Å². The Morgan fingerprint density at radius 2 is 1.92 bits per heavy atom. The van der Waals surface area contributed by atoms with Crippen LogP contribution in [0.25, 0.3) is 0 Å². The molecule has 6 nitrogen and oxygen atoms in total. The number of para-hydroxylation sites is 1. The normalized spacial score (nSPS) is 22.0. The van der Waals surface area contributed by atoms with Gasteiger partial charge in [0.1, 0.15) is 24.5 Å². The Kier molecular flexibility index (Phi) is 3.39. The molecule has 0 radical (unpaired) electrons. The van der Waals surface area contributed by atoms with Crippen molar-refractivity contribution >= 4 is 5.78 Å². The lowest BCUT2D eigenvalue weighted by Crippen LogP contribution is -2.50. The summed E-state index contributed by atoms with van der Waals surface area (Å²) in [4.78, 5) is 17.1. The molecule has 1 N–H and O–H groups in total. The molecule has 1 aromatic heterocycles. The average molecular weight is 321 g/mol. The number of aromatic nitrogens is 3. The molecule has 120 valence electrons. The fourth-order valence-corrected chi connectivity index (χ4v) is 3.05. The van der Waals surface area contributed by atoms with Gasteiger partial charge in [0, 0.05) is 11.1 Å². The third-order valence-electron chi connectivity index (χ3n) is 4.23. The highest BCUT2D eigenvalue weighted by molar-refractivity contribution is 6.03. The van der Waals surface area contributed by atoms with Gasteiger partial charge >= 0.3 is 0 Å². The van der Waals surface area contributed by atoms with Crippen molar-refractivity contribution in [3.05, 3.63) is 78.4 Å². The van der Waals surface area contributed by atoms with Gasteiger partial charge in [-0.1, -0.05) is 48.5 Å². The van der Waals surface area contributed by atoms with Gasteiger partial charge in [-0.15, -0.1) is 0 Å². The first-order valence-electron chi connectivity index (χ1n) is 7.59. The second-order valence-corrected chi connectivity index (χ2v) is 5.72. The van der Waals surface area contributed by atoms with Crippen LogP contribution in [0.4, 0.5) is 0 Å². The van der Waals surface area contributed by atoms with Gasteiger partial charge in [-0.2, -0.15) is 5.10 Å². The summed E-state index contributed by atoms with van der Waals surface area (Å²) >= 11 is 0. The SMILES string of the molecule is O=C(c1ccccc1)[C@]1(Cn2cncn2)Oc2ccccc2[C@@H]1O. The van der Waals surface area contributed by atoms with Crippen molar-refractivity contribution in [2.24, 2.45) is 0 Å². The predicted molar refractivity (Wildman–Crippen MR) is 85.6 cm³/mol. The van der Waals surface area contributed by atoms with E-state index in [-0.39, 0.29) is 12.3 Å². The lowest BCUT2D eigenvalue weighted by molar-refractivity contribution is -0.0235. The molecule has 2 atom stereocenters. The first-order chi connectivity index (χ1) is 11.7. The van der Waals surface area contributed by atoms with E-state index in [1.165, 1.54) is 17.3 Å². The number of nitrogens with zero attached hydrogens (tertiary/aromatic N) is 3. The first kappa shape index (κ1) is 14.6. The average Bonchev–Trinajstić information content (AvgIpc) is 3.23. The van der Waals surface area contributed by atoms with Crippen molar-refractivity contribution in [1.29, 1.82) is 0 Å². The van der Waals surface area contributed by atoms with Crippen LogP contribution in [0.3, 0.4) is 0 Å². The number of aliphatic hydroxyl groups excluding tert-OH is 1. The van der Waals surface area contributed by atoms with Crippen molar-refractivity contribution in [2.75, 3.05) is 0 Å². The molecule has 4 rings (SSSR count). The maximum atomic E-state index is 13.2. The van der Waals surface area contributed by atoms with E-state index < -0.39 is 11.7 Å². The van der Waals surface area contributed by atoms with Crippen molar-refractivity contribution in [3.8, 4) is 5.75 Å². The van der Waals surface area contributed by atoms with Crippen molar-refractivity contribution in [3.63, 3.8) is 0 Å². The van der Waals surface area contributed by atoms with Crippen LogP contribution in [-0.2, 0) is 6.54 Å². The molecule has 0 saturated carbocycles. The third kappa shape index (κ3) is 2.19. The van der Waals surface area contributed by atoms with E-state index in [1.807, 2.05) is 18.2 Å². The quantitative estimate of drug-likeness (QED) is 0.744. The molecule has 0 spiro atoms. The zero-order valence-corrected chi connectivity index (χ0v) is 12.7. The molecule has 2 heterocycles. The summed E-state index contributed by atoms with van der Waals surface area (Å²) < 4.78 is 7.50. The highest BCUT2D eigenvalue weighted by Gasteiger charge is 2.54. The highest BCUT2D eigenvalue weighted by atomic mass is 16.5. The monoisotopic (exact) mass is 321 g/mol. The van der Waals surface area contributed by atoms with Crippen LogP contribution in [-0.4, -0.2) is 31.3 Å². The Hall–Kier alpha value is -2.99. The number of rotatable bonds is 4. The number of ether oxygens (including phenoxy) is 1. The van der Waals surface area contributed by atoms with Crippen molar-refractivity contribution in [1.82, 2.24) is 14.8 Å². The fraction of sp³-hybridized carbons (Fsp3) is 0.167. The van der Waals surface area contributed by atoms with Gasteiger partial charge in [0.05, 0.1) is 6.54 Å². The maximum Gasteiger partial charge on any atom is 0.220 e. The number of carbonyl (C=O) groups is 1. The zero-order valence-electron chi connectivity index (χ0n) is 12.7. The van der Waals surface area contributed by atoms with Crippen LogP contribution in [0, 0.1) is 0 Å². The summed E-state index contributed by atoms with van der Waals surface area (Å²) in [5.74, 6) is 0.219. The number of benzene rings is 2. The number of hydrogen-bond donors (Lipinski definition) is 1. The summed E-state index contributed by atoms with van der Waals surface area (Å²) in [7, 11) is 0. The molecular weight excluding hydrogens is 306 g/mol. The molecule has 1 aliphatic heterocycles. The van der Waals surface area contributed by atoms with Crippen LogP contribution in [0.2, 0.25) is 0 Å². The summed E-state index contributed by atoms with van der Waals surface area (Å²) in [5, 5.41) is 15.0. The lowest BCUT2D eigenvalue weighted by atomic mass is 9.86. The zero-order chi connectivity index (χ0) is 16.6. The standard InChI is InChI=1S/C18H15N3O3/c22-16(13-6-2-1-3-7-13)18(10-21-12-19-11-20-21)17(23)14-8-4-5-9-15(14)24-18/h1-9,11-12,17,23H,10H2/t17-,18-/m0/s1. The fourth-order valence-electron chi connectivity index (χ4n) is 3.05. The molecule has 3 aromatic rings. The summed E-state index contributed by atoms with van der Waals surface area (Å²) in [5.41, 5.74) is -0.398. The predicted octanol–water partition coefficient (Wildman–Crippen LogP) is 2.03. The molecule has 0 aliphatic carbocycles. The Bertz CT molecular complexity index is 860. The lowest BCUT2D eigenvalue weighted by Gasteiger charge is -2.30. The van der Waals surface area contributed by atoms with E-state index in [1.54, 1.807) is 36.4 Å². The molecule has 0 amide bonds. The maximum absolute atomic E-state index is 13.2. The smallest absolute Gasteiger partial charge is 0.220 e. The number of fused-ring (bicyclic) bond motifs is 1. The van der Waals surface area contributed by atoms with Crippen molar-refractivity contribution < 1.29 is 14.6 Å². The minimum Gasteiger partial charge on any atom is -0.474 e. The summed E-state index contributed by atoms with van der Waals surface area (Å²) in [6.07, 6.45) is 1.79. The molecular formula is C18H15N3O3. The first-order valence-corrected chi connectivity index (χ1v) is 7.59. The molecule has 2 aromatic carbocycles. The molecule has 6 heteroatoms. The third-order valence-corrected chi connectivity index (χ3v) is 4.23. The highest BCUT2D eigenvalue weighted by Crippen LogP contribution is 2.45. The van der Waals surface area contributed by atoms with Gasteiger partial charge in [-0.3, -0.25) is 4.79 Å².